The van der Waals surface area contributed by atoms with Crippen molar-refractivity contribution in [3.8, 4) is 0 Å². The zero-order chi connectivity index (χ0) is 12.3. The molecule has 1 heterocycles. The van der Waals surface area contributed by atoms with E-state index in [9.17, 15) is 4.39 Å². The van der Waals surface area contributed by atoms with Crippen molar-refractivity contribution >= 4 is 23.3 Å². The first-order valence-corrected chi connectivity index (χ1v) is 5.64. The number of halogens is 2. The largest absolute Gasteiger partial charge is 0.408 e. The number of nitrogens with zero attached hydrogens (tertiary/aromatic N) is 2. The van der Waals surface area contributed by atoms with Gasteiger partial charge in [-0.2, -0.15) is 0 Å². The zero-order valence-corrected chi connectivity index (χ0v) is 9.96. The number of aromatic nitrogens is 2. The van der Waals surface area contributed by atoms with Crippen LogP contribution in [-0.2, 0) is 6.42 Å². The van der Waals surface area contributed by atoms with Gasteiger partial charge in [0, 0.05) is 12.3 Å². The van der Waals surface area contributed by atoms with Crippen molar-refractivity contribution in [3.63, 3.8) is 0 Å². The predicted octanol–water partition coefficient (Wildman–Crippen LogP) is 3.04. The van der Waals surface area contributed by atoms with Crippen LogP contribution in [-0.4, -0.2) is 16.1 Å². The van der Waals surface area contributed by atoms with Crippen LogP contribution in [0.3, 0.4) is 0 Å². The number of aryl methyl sites for hydroxylation is 2. The summed E-state index contributed by atoms with van der Waals surface area (Å²) in [5.41, 5.74) is 1.11. The van der Waals surface area contributed by atoms with Crippen LogP contribution in [0.1, 0.15) is 11.5 Å². The van der Waals surface area contributed by atoms with Crippen molar-refractivity contribution in [3.05, 3.63) is 35.5 Å². The van der Waals surface area contributed by atoms with E-state index in [2.05, 4.69) is 15.5 Å². The second-order valence-electron chi connectivity index (χ2n) is 3.50. The van der Waals surface area contributed by atoms with E-state index in [0.29, 0.717) is 23.9 Å². The molecule has 0 aliphatic rings. The van der Waals surface area contributed by atoms with E-state index in [1.165, 1.54) is 6.07 Å². The molecule has 0 aliphatic heterocycles. The Hall–Kier alpha value is -1.62. The van der Waals surface area contributed by atoms with Gasteiger partial charge in [-0.15, -0.1) is 16.7 Å². The van der Waals surface area contributed by atoms with Crippen LogP contribution in [0.2, 0.25) is 0 Å². The Labute approximate surface area is 103 Å². The minimum atomic E-state index is -0.359. The Bertz CT molecular complexity index is 495. The zero-order valence-electron chi connectivity index (χ0n) is 9.20. The van der Waals surface area contributed by atoms with Gasteiger partial charge in [0.25, 0.3) is 0 Å². The molecule has 1 aromatic carbocycles. The van der Waals surface area contributed by atoms with Crippen molar-refractivity contribution in [1.29, 1.82) is 0 Å². The number of hydrogen-bond acceptors (Lipinski definition) is 4. The molecule has 2 rings (SSSR count). The maximum Gasteiger partial charge on any atom is 0.320 e. The summed E-state index contributed by atoms with van der Waals surface area (Å²) in [6.45, 7) is 1.79. The summed E-state index contributed by atoms with van der Waals surface area (Å²) in [5.74, 6) is 0.471. The Balaban J connectivity index is 2.19. The van der Waals surface area contributed by atoms with E-state index in [0.717, 1.165) is 5.56 Å². The molecule has 1 aromatic heterocycles. The summed E-state index contributed by atoms with van der Waals surface area (Å²) in [5, 5.41) is 10.3. The highest BCUT2D eigenvalue weighted by molar-refractivity contribution is 6.17. The van der Waals surface area contributed by atoms with Crippen LogP contribution in [0.4, 0.5) is 16.1 Å². The lowest BCUT2D eigenvalue weighted by Crippen LogP contribution is -1.96. The van der Waals surface area contributed by atoms with Gasteiger partial charge in [-0.05, 0) is 18.6 Å². The predicted molar refractivity (Wildman–Crippen MR) is 63.1 cm³/mol. The standard InChI is InChI=1S/C11H11ClFN3O/c1-7-3-2-4-8(13)10(7)14-11-16-15-9(17-11)5-6-12/h2-4H,5-6H2,1H3,(H,14,16). The third-order valence-electron chi connectivity index (χ3n) is 2.23. The number of nitrogens with one attached hydrogen (secondary N) is 1. The maximum absolute atomic E-state index is 13.5. The topological polar surface area (TPSA) is 51.0 Å². The van der Waals surface area contributed by atoms with Crippen molar-refractivity contribution in [2.75, 3.05) is 11.2 Å². The first-order chi connectivity index (χ1) is 8.20. The van der Waals surface area contributed by atoms with Gasteiger partial charge in [-0.3, -0.25) is 0 Å². The molecule has 1 N–H and O–H groups in total. The van der Waals surface area contributed by atoms with Crippen molar-refractivity contribution < 1.29 is 8.81 Å². The van der Waals surface area contributed by atoms with E-state index in [4.69, 9.17) is 16.0 Å². The Morgan fingerprint density at radius 3 is 2.94 bits per heavy atom. The number of hydrogen-bond donors (Lipinski definition) is 1. The van der Waals surface area contributed by atoms with Gasteiger partial charge in [0.05, 0.1) is 5.69 Å². The summed E-state index contributed by atoms with van der Waals surface area (Å²) >= 11 is 5.55. The molecule has 2 aromatic rings. The van der Waals surface area contributed by atoms with E-state index >= 15 is 0 Å². The second kappa shape index (κ2) is 5.14. The summed E-state index contributed by atoms with van der Waals surface area (Å²) in [6.07, 6.45) is 0.493. The maximum atomic E-state index is 13.5. The van der Waals surface area contributed by atoms with Crippen LogP contribution in [0.5, 0.6) is 0 Å². The highest BCUT2D eigenvalue weighted by Crippen LogP contribution is 2.22. The van der Waals surface area contributed by atoms with Gasteiger partial charge in [0.1, 0.15) is 5.82 Å². The number of alkyl halides is 1. The molecule has 6 heteroatoms. The molecule has 4 nitrogen and oxygen atoms in total. The minimum Gasteiger partial charge on any atom is -0.408 e. The summed E-state index contributed by atoms with van der Waals surface area (Å²) in [7, 11) is 0. The summed E-state index contributed by atoms with van der Waals surface area (Å²) in [6, 6.07) is 4.97. The number of para-hydroxylation sites is 1. The monoisotopic (exact) mass is 255 g/mol. The van der Waals surface area contributed by atoms with Gasteiger partial charge in [0.15, 0.2) is 0 Å². The first kappa shape index (κ1) is 11.9. The van der Waals surface area contributed by atoms with E-state index in [1.807, 2.05) is 0 Å². The van der Waals surface area contributed by atoms with Gasteiger partial charge in [0.2, 0.25) is 5.89 Å². The lowest BCUT2D eigenvalue weighted by Gasteiger charge is -2.05. The molecular formula is C11H11ClFN3O. The molecule has 0 saturated heterocycles. The Kier molecular flexibility index (Phi) is 3.58. The number of anilines is 2. The highest BCUT2D eigenvalue weighted by Gasteiger charge is 2.10. The van der Waals surface area contributed by atoms with Gasteiger partial charge in [-0.1, -0.05) is 17.2 Å². The first-order valence-electron chi connectivity index (χ1n) is 5.11. The normalized spacial score (nSPS) is 10.5. The van der Waals surface area contributed by atoms with Crippen molar-refractivity contribution in [1.82, 2.24) is 10.2 Å². The molecular weight excluding hydrogens is 245 g/mol. The Morgan fingerprint density at radius 1 is 1.41 bits per heavy atom. The molecule has 0 bridgehead atoms. The molecule has 0 unspecified atom stereocenters. The van der Waals surface area contributed by atoms with E-state index in [1.54, 1.807) is 19.1 Å². The summed E-state index contributed by atoms with van der Waals surface area (Å²) in [4.78, 5) is 0. The van der Waals surface area contributed by atoms with Crippen LogP contribution in [0.15, 0.2) is 22.6 Å². The molecule has 0 amide bonds. The molecule has 17 heavy (non-hydrogen) atoms. The SMILES string of the molecule is Cc1cccc(F)c1Nc1nnc(CCCl)o1. The molecule has 0 saturated carbocycles. The van der Waals surface area contributed by atoms with Gasteiger partial charge < -0.3 is 9.73 Å². The average molecular weight is 256 g/mol. The number of benzene rings is 1. The van der Waals surface area contributed by atoms with E-state index in [-0.39, 0.29) is 11.8 Å². The highest BCUT2D eigenvalue weighted by atomic mass is 35.5. The average Bonchev–Trinajstić information content (AvgIpc) is 2.72. The fourth-order valence-corrected chi connectivity index (χ4v) is 1.54. The fourth-order valence-electron chi connectivity index (χ4n) is 1.38. The molecule has 0 spiro atoms. The van der Waals surface area contributed by atoms with Crippen molar-refractivity contribution in [2.45, 2.75) is 13.3 Å². The van der Waals surface area contributed by atoms with E-state index < -0.39 is 0 Å². The lowest BCUT2D eigenvalue weighted by molar-refractivity contribution is 0.515. The molecule has 0 fully saturated rings. The molecule has 0 atom stereocenters. The smallest absolute Gasteiger partial charge is 0.320 e. The van der Waals surface area contributed by atoms with Crippen LogP contribution in [0.25, 0.3) is 0 Å². The molecule has 0 radical (unpaired) electrons. The summed E-state index contributed by atoms with van der Waals surface area (Å²) < 4.78 is 18.8. The van der Waals surface area contributed by atoms with Gasteiger partial charge >= 0.3 is 6.01 Å². The van der Waals surface area contributed by atoms with Gasteiger partial charge in [-0.25, -0.2) is 4.39 Å². The van der Waals surface area contributed by atoms with Crippen LogP contribution < -0.4 is 5.32 Å². The molecule has 90 valence electrons. The fraction of sp³-hybridized carbons (Fsp3) is 0.273. The third kappa shape index (κ3) is 2.74. The Morgan fingerprint density at radius 2 is 2.24 bits per heavy atom. The van der Waals surface area contributed by atoms with Crippen molar-refractivity contribution in [2.24, 2.45) is 0 Å². The van der Waals surface area contributed by atoms with Crippen LogP contribution >= 0.6 is 11.6 Å². The lowest BCUT2D eigenvalue weighted by atomic mass is 10.2. The molecule has 0 aliphatic carbocycles. The van der Waals surface area contributed by atoms with Crippen LogP contribution in [0, 0.1) is 12.7 Å². The quantitative estimate of drug-likeness (QED) is 0.853. The third-order valence-corrected chi connectivity index (χ3v) is 2.42. The number of rotatable bonds is 4. The second-order valence-corrected chi connectivity index (χ2v) is 3.87. The minimum absolute atomic E-state index is 0.165.